The van der Waals surface area contributed by atoms with Crippen LogP contribution >= 0.6 is 0 Å². The molecule has 120 valence electrons. The molecule has 1 heterocycles. The number of hydrogen-bond donors (Lipinski definition) is 1. The molecule has 21 heavy (non-hydrogen) atoms. The van der Waals surface area contributed by atoms with Gasteiger partial charge in [0.1, 0.15) is 0 Å². The number of carboxylic acid groups (broad SMARTS) is 1. The normalized spacial score (nSPS) is 26.1. The summed E-state index contributed by atoms with van der Waals surface area (Å²) in [4.78, 5) is 27.3. The fraction of sp³-hybridized carbons (Fsp3) is 0.875. The van der Waals surface area contributed by atoms with Crippen LogP contribution in [0, 0.1) is 17.8 Å². The van der Waals surface area contributed by atoms with Crippen molar-refractivity contribution in [3.05, 3.63) is 0 Å². The minimum atomic E-state index is -0.819. The van der Waals surface area contributed by atoms with Crippen LogP contribution in [0.2, 0.25) is 0 Å². The highest BCUT2D eigenvalue weighted by atomic mass is 16.4. The van der Waals surface area contributed by atoms with Crippen LogP contribution in [0.3, 0.4) is 0 Å². The van der Waals surface area contributed by atoms with Crippen LogP contribution in [0.5, 0.6) is 0 Å². The number of carbonyl (C=O) groups is 2. The van der Waals surface area contributed by atoms with E-state index >= 15 is 0 Å². The van der Waals surface area contributed by atoms with Gasteiger partial charge < -0.3 is 14.9 Å². The van der Waals surface area contributed by atoms with Crippen LogP contribution in [0.4, 0.5) is 0 Å². The number of aliphatic carboxylic acids is 1. The Kier molecular flexibility index (Phi) is 5.62. The third kappa shape index (κ3) is 4.43. The number of nitrogens with zero attached hydrogens (tertiary/aromatic N) is 2. The summed E-state index contributed by atoms with van der Waals surface area (Å²) in [5.74, 6) is -0.743. The van der Waals surface area contributed by atoms with Crippen LogP contribution < -0.4 is 0 Å². The summed E-state index contributed by atoms with van der Waals surface area (Å²) in [6.45, 7) is 6.07. The van der Waals surface area contributed by atoms with E-state index in [-0.39, 0.29) is 11.8 Å². The maximum Gasteiger partial charge on any atom is 0.307 e. The highest BCUT2D eigenvalue weighted by molar-refractivity contribution is 5.89. The van der Waals surface area contributed by atoms with Crippen LogP contribution in [0.15, 0.2) is 0 Å². The second-order valence-corrected chi connectivity index (χ2v) is 6.67. The highest BCUT2D eigenvalue weighted by Gasteiger charge is 2.50. The van der Waals surface area contributed by atoms with Gasteiger partial charge in [0.25, 0.3) is 0 Å². The van der Waals surface area contributed by atoms with E-state index in [4.69, 9.17) is 5.11 Å². The molecule has 2 unspecified atom stereocenters. The SMILES string of the molecule is CCCCN(C)CC1CCN(C(=O)C2CC2C(=O)O)CC1. The topological polar surface area (TPSA) is 60.9 Å². The van der Waals surface area contributed by atoms with Crippen LogP contribution in [-0.4, -0.2) is 60.0 Å². The van der Waals surface area contributed by atoms with Crippen molar-refractivity contribution in [2.45, 2.75) is 39.0 Å². The molecule has 2 aliphatic rings. The Morgan fingerprint density at radius 1 is 1.24 bits per heavy atom. The molecular weight excluding hydrogens is 268 g/mol. The molecule has 1 amide bonds. The van der Waals surface area contributed by atoms with Gasteiger partial charge in [-0.25, -0.2) is 0 Å². The van der Waals surface area contributed by atoms with Crippen molar-refractivity contribution in [2.75, 3.05) is 33.2 Å². The average Bonchev–Trinajstić information content (AvgIpc) is 3.26. The van der Waals surface area contributed by atoms with Gasteiger partial charge in [-0.05, 0) is 45.2 Å². The summed E-state index contributed by atoms with van der Waals surface area (Å²) in [5.41, 5.74) is 0. The van der Waals surface area contributed by atoms with Crippen molar-refractivity contribution in [2.24, 2.45) is 17.8 Å². The van der Waals surface area contributed by atoms with Gasteiger partial charge in [0.2, 0.25) is 5.91 Å². The first-order valence-corrected chi connectivity index (χ1v) is 8.23. The van der Waals surface area contributed by atoms with E-state index < -0.39 is 11.9 Å². The molecule has 5 heteroatoms. The van der Waals surface area contributed by atoms with Gasteiger partial charge in [-0.3, -0.25) is 9.59 Å². The number of carboxylic acids is 1. The minimum absolute atomic E-state index is 0.0696. The monoisotopic (exact) mass is 296 g/mol. The van der Waals surface area contributed by atoms with Crippen LogP contribution in [-0.2, 0) is 9.59 Å². The molecule has 0 radical (unpaired) electrons. The summed E-state index contributed by atoms with van der Waals surface area (Å²) < 4.78 is 0. The Morgan fingerprint density at radius 3 is 2.43 bits per heavy atom. The molecule has 2 rings (SSSR count). The lowest BCUT2D eigenvalue weighted by atomic mass is 9.96. The molecule has 0 bridgehead atoms. The molecule has 1 aliphatic heterocycles. The average molecular weight is 296 g/mol. The van der Waals surface area contributed by atoms with Gasteiger partial charge in [0.15, 0.2) is 0 Å². The highest BCUT2D eigenvalue weighted by Crippen LogP contribution is 2.40. The predicted molar refractivity (Wildman–Crippen MR) is 80.9 cm³/mol. The van der Waals surface area contributed by atoms with E-state index in [9.17, 15) is 9.59 Å². The van der Waals surface area contributed by atoms with Crippen molar-refractivity contribution in [1.29, 1.82) is 0 Å². The van der Waals surface area contributed by atoms with Gasteiger partial charge in [-0.2, -0.15) is 0 Å². The molecule has 0 aromatic rings. The second kappa shape index (κ2) is 7.25. The second-order valence-electron chi connectivity index (χ2n) is 6.67. The third-order valence-corrected chi connectivity index (χ3v) is 4.81. The summed E-state index contributed by atoms with van der Waals surface area (Å²) in [6.07, 6.45) is 5.10. The lowest BCUT2D eigenvalue weighted by Gasteiger charge is -2.34. The number of hydrogen-bond acceptors (Lipinski definition) is 3. The van der Waals surface area contributed by atoms with Crippen molar-refractivity contribution < 1.29 is 14.7 Å². The Hall–Kier alpha value is -1.10. The fourth-order valence-electron chi connectivity index (χ4n) is 3.27. The number of piperidine rings is 1. The van der Waals surface area contributed by atoms with Crippen molar-refractivity contribution >= 4 is 11.9 Å². The minimum Gasteiger partial charge on any atom is -0.481 e. The number of unbranched alkanes of at least 4 members (excludes halogenated alkanes) is 1. The van der Waals surface area contributed by atoms with E-state index in [1.807, 2.05) is 4.90 Å². The number of likely N-dealkylation sites (tertiary alicyclic amines) is 1. The Morgan fingerprint density at radius 2 is 1.90 bits per heavy atom. The number of amides is 1. The van der Waals surface area contributed by atoms with Crippen LogP contribution in [0.25, 0.3) is 0 Å². The van der Waals surface area contributed by atoms with Crippen molar-refractivity contribution in [1.82, 2.24) is 9.80 Å². The zero-order valence-electron chi connectivity index (χ0n) is 13.3. The molecule has 0 spiro atoms. The maximum atomic E-state index is 12.2. The third-order valence-electron chi connectivity index (χ3n) is 4.81. The van der Waals surface area contributed by atoms with Crippen molar-refractivity contribution in [3.8, 4) is 0 Å². The van der Waals surface area contributed by atoms with Gasteiger partial charge in [-0.15, -0.1) is 0 Å². The van der Waals surface area contributed by atoms with E-state index in [2.05, 4.69) is 18.9 Å². The van der Waals surface area contributed by atoms with Gasteiger partial charge in [0.05, 0.1) is 11.8 Å². The predicted octanol–water partition coefficient (Wildman–Crippen LogP) is 1.68. The molecule has 0 aromatic carbocycles. The number of carbonyl (C=O) groups excluding carboxylic acids is 1. The number of rotatable bonds is 7. The molecular formula is C16H28N2O3. The smallest absolute Gasteiger partial charge is 0.307 e. The zero-order valence-corrected chi connectivity index (χ0v) is 13.3. The Bertz CT molecular complexity index is 378. The van der Waals surface area contributed by atoms with E-state index in [0.29, 0.717) is 12.3 Å². The molecule has 1 saturated heterocycles. The zero-order chi connectivity index (χ0) is 15.4. The van der Waals surface area contributed by atoms with E-state index in [0.717, 1.165) is 39.0 Å². The molecule has 2 fully saturated rings. The standard InChI is InChI=1S/C16H28N2O3/c1-3-4-7-17(2)11-12-5-8-18(9-6-12)15(19)13-10-14(13)16(20)21/h12-14H,3-11H2,1-2H3,(H,20,21). The molecule has 1 saturated carbocycles. The fourth-order valence-corrected chi connectivity index (χ4v) is 3.27. The molecule has 0 aromatic heterocycles. The summed E-state index contributed by atoms with van der Waals surface area (Å²) >= 11 is 0. The first kappa shape index (κ1) is 16.3. The summed E-state index contributed by atoms with van der Waals surface area (Å²) in [5, 5.41) is 8.91. The van der Waals surface area contributed by atoms with E-state index in [1.165, 1.54) is 12.8 Å². The van der Waals surface area contributed by atoms with E-state index in [1.54, 1.807) is 0 Å². The Balaban J connectivity index is 1.69. The lowest BCUT2D eigenvalue weighted by molar-refractivity contribution is -0.142. The summed E-state index contributed by atoms with van der Waals surface area (Å²) in [7, 11) is 2.18. The molecule has 2 atom stereocenters. The molecule has 5 nitrogen and oxygen atoms in total. The largest absolute Gasteiger partial charge is 0.481 e. The van der Waals surface area contributed by atoms with Crippen LogP contribution in [0.1, 0.15) is 39.0 Å². The quantitative estimate of drug-likeness (QED) is 0.776. The lowest BCUT2D eigenvalue weighted by Crippen LogP contribution is -2.42. The molecule has 1 aliphatic carbocycles. The van der Waals surface area contributed by atoms with Gasteiger partial charge in [-0.1, -0.05) is 13.3 Å². The first-order valence-electron chi connectivity index (χ1n) is 8.23. The summed E-state index contributed by atoms with van der Waals surface area (Å²) in [6, 6.07) is 0. The Labute approximate surface area is 127 Å². The van der Waals surface area contributed by atoms with Crippen molar-refractivity contribution in [3.63, 3.8) is 0 Å². The first-order chi connectivity index (χ1) is 10.0. The van der Waals surface area contributed by atoms with Gasteiger partial charge in [0, 0.05) is 19.6 Å². The maximum absolute atomic E-state index is 12.2. The molecule has 1 N–H and O–H groups in total. The van der Waals surface area contributed by atoms with Gasteiger partial charge >= 0.3 is 5.97 Å².